The monoisotopic (exact) mass is 395 g/mol. The number of rotatable bonds is 4. The van der Waals surface area contributed by atoms with E-state index in [1.165, 1.54) is 35.6 Å². The Balaban J connectivity index is 0.00000208. The minimum absolute atomic E-state index is 0. The normalized spacial score (nSPS) is 25.0. The summed E-state index contributed by atoms with van der Waals surface area (Å²) in [6, 6.07) is 5.97. The van der Waals surface area contributed by atoms with Gasteiger partial charge in [-0.2, -0.15) is 4.31 Å². The van der Waals surface area contributed by atoms with Crippen LogP contribution >= 0.6 is 12.4 Å². The number of hydrogen-bond acceptors (Lipinski definition) is 5. The van der Waals surface area contributed by atoms with Crippen molar-refractivity contribution in [1.29, 1.82) is 0 Å². The molecule has 0 aliphatic carbocycles. The molecule has 0 aromatic heterocycles. The molecule has 2 bridgehead atoms. The van der Waals surface area contributed by atoms with Crippen LogP contribution in [0, 0.1) is 0 Å². The van der Waals surface area contributed by atoms with E-state index in [4.69, 9.17) is 0 Å². The zero-order valence-corrected chi connectivity index (χ0v) is 15.8. The first-order valence-corrected chi connectivity index (χ1v) is 10.5. The molecular weight excluding hydrogens is 374 g/mol. The maximum atomic E-state index is 12.8. The molecular formula is C14H22ClN3O4S2. The summed E-state index contributed by atoms with van der Waals surface area (Å²) in [5.41, 5.74) is 0. The Morgan fingerprint density at radius 2 is 1.58 bits per heavy atom. The Hall–Kier alpha value is -0.710. The first-order valence-electron chi connectivity index (χ1n) is 7.63. The minimum Gasteiger partial charge on any atom is -0.310 e. The molecule has 1 aromatic carbocycles. The molecule has 0 radical (unpaired) electrons. The third kappa shape index (κ3) is 3.76. The van der Waals surface area contributed by atoms with Crippen LogP contribution in [0.1, 0.15) is 19.3 Å². The van der Waals surface area contributed by atoms with E-state index < -0.39 is 20.0 Å². The van der Waals surface area contributed by atoms with Crippen molar-refractivity contribution in [2.45, 2.75) is 41.1 Å². The molecule has 0 spiro atoms. The van der Waals surface area contributed by atoms with E-state index in [0.29, 0.717) is 19.1 Å². The number of nitrogens with one attached hydrogen (secondary N) is 2. The van der Waals surface area contributed by atoms with E-state index in [-0.39, 0.29) is 28.2 Å². The first-order chi connectivity index (χ1) is 10.8. The molecule has 24 heavy (non-hydrogen) atoms. The molecule has 10 heteroatoms. The summed E-state index contributed by atoms with van der Waals surface area (Å²) < 4.78 is 52.7. The molecule has 2 saturated heterocycles. The lowest BCUT2D eigenvalue weighted by molar-refractivity contribution is 0.383. The van der Waals surface area contributed by atoms with Crippen molar-refractivity contribution in [3.05, 3.63) is 24.3 Å². The summed E-state index contributed by atoms with van der Waals surface area (Å²) in [6.45, 7) is 0.961. The highest BCUT2D eigenvalue weighted by Crippen LogP contribution is 2.25. The summed E-state index contributed by atoms with van der Waals surface area (Å²) in [7, 11) is -5.85. The lowest BCUT2D eigenvalue weighted by Crippen LogP contribution is -2.39. The quantitative estimate of drug-likeness (QED) is 0.775. The number of benzene rings is 1. The van der Waals surface area contributed by atoms with E-state index in [1.807, 2.05) is 0 Å². The maximum absolute atomic E-state index is 12.8. The SMILES string of the molecule is CNS(=O)(=O)c1ccc(S(=O)(=O)N2CCC3CCC(C2)N3)cc1.Cl. The van der Waals surface area contributed by atoms with Crippen LogP contribution in [0.4, 0.5) is 0 Å². The standard InChI is InChI=1S/C14H21N3O4S2.ClH/c1-15-22(18,19)13-4-6-14(7-5-13)23(20,21)17-9-8-11-2-3-12(10-17)16-11;/h4-7,11-12,15-16H,2-3,8-10H2,1H3;1H. The highest BCUT2D eigenvalue weighted by Gasteiger charge is 2.34. The fourth-order valence-corrected chi connectivity index (χ4v) is 5.42. The van der Waals surface area contributed by atoms with E-state index >= 15 is 0 Å². The Morgan fingerprint density at radius 1 is 1.00 bits per heavy atom. The minimum atomic E-state index is -3.60. The molecule has 2 heterocycles. The Morgan fingerprint density at radius 3 is 2.21 bits per heavy atom. The van der Waals surface area contributed by atoms with Gasteiger partial charge in [-0.1, -0.05) is 0 Å². The van der Waals surface area contributed by atoms with Gasteiger partial charge in [0.2, 0.25) is 20.0 Å². The van der Waals surface area contributed by atoms with Gasteiger partial charge in [0.05, 0.1) is 9.79 Å². The number of fused-ring (bicyclic) bond motifs is 2. The van der Waals surface area contributed by atoms with Gasteiger partial charge >= 0.3 is 0 Å². The van der Waals surface area contributed by atoms with Crippen LogP contribution < -0.4 is 10.0 Å². The fourth-order valence-electron chi connectivity index (χ4n) is 3.19. The van der Waals surface area contributed by atoms with Crippen LogP contribution in [-0.2, 0) is 20.0 Å². The van der Waals surface area contributed by atoms with Crippen molar-refractivity contribution in [1.82, 2.24) is 14.3 Å². The predicted molar refractivity (Wildman–Crippen MR) is 93.3 cm³/mol. The summed E-state index contributed by atoms with van der Waals surface area (Å²) >= 11 is 0. The third-order valence-electron chi connectivity index (χ3n) is 4.53. The molecule has 2 aliphatic heterocycles. The average Bonchev–Trinajstić information content (AvgIpc) is 2.86. The number of nitrogens with zero attached hydrogens (tertiary/aromatic N) is 1. The molecule has 0 amide bonds. The molecule has 2 unspecified atom stereocenters. The van der Waals surface area contributed by atoms with Crippen LogP contribution in [-0.4, -0.2) is 53.4 Å². The predicted octanol–water partition coefficient (Wildman–Crippen LogP) is 0.532. The van der Waals surface area contributed by atoms with Crippen molar-refractivity contribution in [2.75, 3.05) is 20.1 Å². The molecule has 2 N–H and O–H groups in total. The third-order valence-corrected chi connectivity index (χ3v) is 7.84. The van der Waals surface area contributed by atoms with E-state index in [1.54, 1.807) is 0 Å². The second-order valence-corrected chi connectivity index (χ2v) is 9.79. The van der Waals surface area contributed by atoms with Gasteiger partial charge in [-0.25, -0.2) is 21.6 Å². The molecule has 136 valence electrons. The van der Waals surface area contributed by atoms with Crippen molar-refractivity contribution in [2.24, 2.45) is 0 Å². The summed E-state index contributed by atoms with van der Waals surface area (Å²) in [4.78, 5) is 0.181. The van der Waals surface area contributed by atoms with Crippen LogP contribution in [0.15, 0.2) is 34.1 Å². The molecule has 7 nitrogen and oxygen atoms in total. The lowest BCUT2D eigenvalue weighted by atomic mass is 10.1. The van der Waals surface area contributed by atoms with E-state index in [2.05, 4.69) is 10.0 Å². The first kappa shape index (κ1) is 19.6. The number of sulfonamides is 2. The lowest BCUT2D eigenvalue weighted by Gasteiger charge is -2.23. The number of hydrogen-bond donors (Lipinski definition) is 2. The Bertz CT molecular complexity index is 781. The highest BCUT2D eigenvalue weighted by molar-refractivity contribution is 7.89. The molecule has 2 fully saturated rings. The molecule has 0 saturated carbocycles. The van der Waals surface area contributed by atoms with Gasteiger partial charge in [0.15, 0.2) is 0 Å². The van der Waals surface area contributed by atoms with Gasteiger partial charge in [0.1, 0.15) is 0 Å². The number of halogens is 1. The van der Waals surface area contributed by atoms with Gasteiger partial charge in [0.25, 0.3) is 0 Å². The fraction of sp³-hybridized carbons (Fsp3) is 0.571. The van der Waals surface area contributed by atoms with Crippen molar-refractivity contribution in [3.8, 4) is 0 Å². The van der Waals surface area contributed by atoms with Crippen LogP contribution in [0.25, 0.3) is 0 Å². The van der Waals surface area contributed by atoms with E-state index in [0.717, 1.165) is 19.3 Å². The Labute approximate surface area is 149 Å². The zero-order valence-electron chi connectivity index (χ0n) is 13.3. The maximum Gasteiger partial charge on any atom is 0.243 e. The summed E-state index contributed by atoms with van der Waals surface area (Å²) in [6.07, 6.45) is 2.91. The van der Waals surface area contributed by atoms with Crippen LogP contribution in [0.2, 0.25) is 0 Å². The topological polar surface area (TPSA) is 95.6 Å². The van der Waals surface area contributed by atoms with Gasteiger partial charge in [-0.05, 0) is 50.6 Å². The van der Waals surface area contributed by atoms with Crippen LogP contribution in [0.5, 0.6) is 0 Å². The van der Waals surface area contributed by atoms with Gasteiger partial charge in [-0.3, -0.25) is 0 Å². The van der Waals surface area contributed by atoms with Crippen molar-refractivity contribution in [3.63, 3.8) is 0 Å². The van der Waals surface area contributed by atoms with Crippen molar-refractivity contribution < 1.29 is 16.8 Å². The molecule has 2 atom stereocenters. The second kappa shape index (κ2) is 7.27. The zero-order chi connectivity index (χ0) is 16.7. The summed E-state index contributed by atoms with van der Waals surface area (Å²) in [5.74, 6) is 0. The average molecular weight is 396 g/mol. The molecule has 2 aliphatic rings. The van der Waals surface area contributed by atoms with E-state index in [9.17, 15) is 16.8 Å². The molecule has 3 rings (SSSR count). The highest BCUT2D eigenvalue weighted by atomic mass is 35.5. The Kier molecular flexibility index (Phi) is 5.94. The molecule has 1 aromatic rings. The second-order valence-electron chi connectivity index (χ2n) is 5.97. The van der Waals surface area contributed by atoms with Gasteiger partial charge in [0, 0.05) is 25.2 Å². The summed E-state index contributed by atoms with van der Waals surface area (Å²) in [5, 5.41) is 3.45. The largest absolute Gasteiger partial charge is 0.310 e. The van der Waals surface area contributed by atoms with Crippen LogP contribution in [0.3, 0.4) is 0 Å². The van der Waals surface area contributed by atoms with Gasteiger partial charge < -0.3 is 5.32 Å². The smallest absolute Gasteiger partial charge is 0.243 e. The van der Waals surface area contributed by atoms with Gasteiger partial charge in [-0.15, -0.1) is 12.4 Å². The van der Waals surface area contributed by atoms with Crippen molar-refractivity contribution >= 4 is 32.5 Å².